The van der Waals surface area contributed by atoms with E-state index in [9.17, 15) is 24.6 Å². The largest absolute Gasteiger partial charge is 0.501 e. The van der Waals surface area contributed by atoms with Crippen LogP contribution in [0.3, 0.4) is 0 Å². The third-order valence-electron chi connectivity index (χ3n) is 5.91. The molecule has 1 saturated carbocycles. The molecule has 3 unspecified atom stereocenters. The standard InChI is InChI=1S/C23H29N3O6/c1-3-32-23(31)18-20(29)22(30)25-21(24-18)19(16-10-9-14(11-16)13-27)26(2)12-17(28)15-7-5-4-6-8-15/h4-8,14,16,19,27,29H,3,9-13H2,1-2H3,(H,24,25,30). The van der Waals surface area contributed by atoms with Gasteiger partial charge in [0.15, 0.2) is 11.5 Å². The number of hydrogen-bond acceptors (Lipinski definition) is 8. The molecular formula is C23H29N3O6. The Bertz CT molecular complexity index is 1010. The molecule has 1 aliphatic rings. The summed E-state index contributed by atoms with van der Waals surface area (Å²) in [7, 11) is 1.76. The van der Waals surface area contributed by atoms with E-state index in [1.54, 1.807) is 43.1 Å². The second kappa shape index (κ2) is 10.5. The van der Waals surface area contributed by atoms with Gasteiger partial charge in [0.05, 0.1) is 19.2 Å². The first-order valence-corrected chi connectivity index (χ1v) is 10.7. The Morgan fingerprint density at radius 2 is 2.00 bits per heavy atom. The molecule has 9 heteroatoms. The van der Waals surface area contributed by atoms with Crippen LogP contribution in [0.5, 0.6) is 5.75 Å². The molecule has 1 fully saturated rings. The molecule has 172 valence electrons. The van der Waals surface area contributed by atoms with Gasteiger partial charge < -0.3 is 19.9 Å². The second-order valence-electron chi connectivity index (χ2n) is 8.14. The molecule has 0 bridgehead atoms. The molecule has 2 aromatic rings. The number of nitrogens with zero attached hydrogens (tertiary/aromatic N) is 2. The highest BCUT2D eigenvalue weighted by Crippen LogP contribution is 2.40. The smallest absolute Gasteiger partial charge is 0.361 e. The van der Waals surface area contributed by atoms with Crippen LogP contribution in [0.25, 0.3) is 0 Å². The minimum Gasteiger partial charge on any atom is -0.501 e. The number of aromatic nitrogens is 2. The molecular weight excluding hydrogens is 414 g/mol. The summed E-state index contributed by atoms with van der Waals surface area (Å²) in [6.45, 7) is 1.80. The summed E-state index contributed by atoms with van der Waals surface area (Å²) in [5.74, 6) is -1.49. The van der Waals surface area contributed by atoms with Crippen molar-refractivity contribution < 1.29 is 24.5 Å². The van der Waals surface area contributed by atoms with Gasteiger partial charge >= 0.3 is 5.97 Å². The molecule has 9 nitrogen and oxygen atoms in total. The van der Waals surface area contributed by atoms with Gasteiger partial charge in [0, 0.05) is 12.2 Å². The van der Waals surface area contributed by atoms with E-state index in [2.05, 4.69) is 9.97 Å². The molecule has 0 amide bonds. The van der Waals surface area contributed by atoms with Gasteiger partial charge in [-0.15, -0.1) is 0 Å². The highest BCUT2D eigenvalue weighted by molar-refractivity contribution is 5.97. The molecule has 0 saturated heterocycles. The van der Waals surface area contributed by atoms with Gasteiger partial charge in [-0.05, 0) is 45.1 Å². The number of esters is 1. The number of H-pyrrole nitrogens is 1. The average molecular weight is 444 g/mol. The number of ether oxygens (including phenoxy) is 1. The molecule has 32 heavy (non-hydrogen) atoms. The van der Waals surface area contributed by atoms with Crippen molar-refractivity contribution in [1.82, 2.24) is 14.9 Å². The van der Waals surface area contributed by atoms with Crippen molar-refractivity contribution in [2.45, 2.75) is 32.2 Å². The Labute approximate surface area is 186 Å². The predicted molar refractivity (Wildman–Crippen MR) is 117 cm³/mol. The number of likely N-dealkylation sites (N-methyl/N-ethyl adjacent to an activating group) is 1. The third-order valence-corrected chi connectivity index (χ3v) is 5.91. The quantitative estimate of drug-likeness (QED) is 0.395. The summed E-state index contributed by atoms with van der Waals surface area (Å²) >= 11 is 0. The number of Topliss-reactive ketones (excluding diaryl/α,β-unsaturated/α-hetero) is 1. The summed E-state index contributed by atoms with van der Waals surface area (Å²) in [5, 5.41) is 19.7. The lowest BCUT2D eigenvalue weighted by atomic mass is 9.94. The van der Waals surface area contributed by atoms with Crippen molar-refractivity contribution in [2.24, 2.45) is 11.8 Å². The van der Waals surface area contributed by atoms with E-state index in [-0.39, 0.29) is 43.2 Å². The monoisotopic (exact) mass is 443 g/mol. The van der Waals surface area contributed by atoms with Crippen LogP contribution in [-0.4, -0.2) is 63.6 Å². The van der Waals surface area contributed by atoms with Crippen molar-refractivity contribution in [3.8, 4) is 5.75 Å². The zero-order valence-corrected chi connectivity index (χ0v) is 18.3. The Hall–Kier alpha value is -3.04. The van der Waals surface area contributed by atoms with E-state index >= 15 is 0 Å². The lowest BCUT2D eigenvalue weighted by Crippen LogP contribution is -2.36. The molecule has 3 N–H and O–H groups in total. The van der Waals surface area contributed by atoms with Crippen LogP contribution in [-0.2, 0) is 4.74 Å². The maximum Gasteiger partial charge on any atom is 0.361 e. The number of hydrogen-bond donors (Lipinski definition) is 3. The van der Waals surface area contributed by atoms with Gasteiger partial charge in [0.25, 0.3) is 5.56 Å². The predicted octanol–water partition coefficient (Wildman–Crippen LogP) is 1.92. The minimum atomic E-state index is -0.890. The summed E-state index contributed by atoms with van der Waals surface area (Å²) < 4.78 is 4.93. The molecule has 0 aliphatic heterocycles. The van der Waals surface area contributed by atoms with Gasteiger partial charge in [-0.2, -0.15) is 0 Å². The molecule has 0 radical (unpaired) electrons. The van der Waals surface area contributed by atoms with Gasteiger partial charge in [-0.1, -0.05) is 30.3 Å². The molecule has 1 aromatic carbocycles. The van der Waals surface area contributed by atoms with Crippen molar-refractivity contribution in [3.05, 3.63) is 57.8 Å². The van der Waals surface area contributed by atoms with E-state index < -0.39 is 29.0 Å². The fourth-order valence-electron chi connectivity index (χ4n) is 4.36. The van der Waals surface area contributed by atoms with E-state index in [4.69, 9.17) is 4.74 Å². The molecule has 0 spiro atoms. The van der Waals surface area contributed by atoms with Crippen LogP contribution in [0.15, 0.2) is 35.1 Å². The summed E-state index contributed by atoms with van der Waals surface area (Å²) in [6.07, 6.45) is 2.26. The van der Waals surface area contributed by atoms with Crippen LogP contribution in [0.2, 0.25) is 0 Å². The zero-order valence-electron chi connectivity index (χ0n) is 18.3. The molecule has 3 rings (SSSR count). The van der Waals surface area contributed by atoms with Crippen LogP contribution in [0, 0.1) is 11.8 Å². The van der Waals surface area contributed by atoms with Crippen molar-refractivity contribution in [2.75, 3.05) is 26.8 Å². The SMILES string of the molecule is CCOC(=O)c1nc(C(C2CCC(CO)C2)N(C)CC(=O)c2ccccc2)[nH]c(=O)c1O. The average Bonchev–Trinajstić information content (AvgIpc) is 3.25. The van der Waals surface area contributed by atoms with E-state index in [0.717, 1.165) is 12.8 Å². The lowest BCUT2D eigenvalue weighted by molar-refractivity contribution is 0.0512. The summed E-state index contributed by atoms with van der Waals surface area (Å²) in [4.78, 5) is 46.1. The molecule has 1 aromatic heterocycles. The fourth-order valence-corrected chi connectivity index (χ4v) is 4.36. The number of aromatic hydroxyl groups is 1. The van der Waals surface area contributed by atoms with Crippen molar-refractivity contribution in [1.29, 1.82) is 0 Å². The molecule has 1 heterocycles. The van der Waals surface area contributed by atoms with Crippen molar-refractivity contribution >= 4 is 11.8 Å². The third kappa shape index (κ3) is 5.23. The van der Waals surface area contributed by atoms with Crippen LogP contribution >= 0.6 is 0 Å². The van der Waals surface area contributed by atoms with E-state index in [1.807, 2.05) is 6.07 Å². The molecule has 1 aliphatic carbocycles. The number of benzene rings is 1. The van der Waals surface area contributed by atoms with E-state index in [0.29, 0.717) is 12.0 Å². The van der Waals surface area contributed by atoms with Crippen LogP contribution < -0.4 is 5.56 Å². The van der Waals surface area contributed by atoms with Crippen LogP contribution in [0.1, 0.15) is 58.9 Å². The number of ketones is 1. The number of rotatable bonds is 9. The highest BCUT2D eigenvalue weighted by atomic mass is 16.5. The molecule has 3 atom stereocenters. The maximum absolute atomic E-state index is 12.8. The topological polar surface area (TPSA) is 133 Å². The number of carbonyl (C=O) groups excluding carboxylic acids is 2. The Morgan fingerprint density at radius 1 is 1.28 bits per heavy atom. The van der Waals surface area contributed by atoms with Crippen molar-refractivity contribution in [3.63, 3.8) is 0 Å². The normalized spacial score (nSPS) is 19.1. The summed E-state index contributed by atoms with van der Waals surface area (Å²) in [5.41, 5.74) is -0.727. The Balaban J connectivity index is 1.97. The number of aliphatic hydroxyl groups excluding tert-OH is 1. The van der Waals surface area contributed by atoms with E-state index in [1.165, 1.54) is 0 Å². The van der Waals surface area contributed by atoms with Gasteiger partial charge in [0.2, 0.25) is 5.75 Å². The Morgan fingerprint density at radius 3 is 2.62 bits per heavy atom. The summed E-state index contributed by atoms with van der Waals surface area (Å²) in [6, 6.07) is 8.39. The second-order valence-corrected chi connectivity index (χ2v) is 8.14. The highest BCUT2D eigenvalue weighted by Gasteiger charge is 2.37. The first-order chi connectivity index (χ1) is 15.3. The zero-order chi connectivity index (χ0) is 23.3. The number of carbonyl (C=O) groups is 2. The number of nitrogens with one attached hydrogen (secondary N) is 1. The minimum absolute atomic E-state index is 0.0107. The van der Waals surface area contributed by atoms with Gasteiger partial charge in [-0.25, -0.2) is 9.78 Å². The fraction of sp³-hybridized carbons (Fsp3) is 0.478. The first kappa shape index (κ1) is 23.6. The number of aromatic amines is 1. The van der Waals surface area contributed by atoms with Gasteiger partial charge in [0.1, 0.15) is 5.82 Å². The van der Waals surface area contributed by atoms with Gasteiger partial charge in [-0.3, -0.25) is 14.5 Å². The Kier molecular flexibility index (Phi) is 7.76. The number of aliphatic hydroxyl groups is 1. The lowest BCUT2D eigenvalue weighted by Gasteiger charge is -2.32. The van der Waals surface area contributed by atoms with Crippen LogP contribution in [0.4, 0.5) is 0 Å². The first-order valence-electron chi connectivity index (χ1n) is 10.7. The maximum atomic E-state index is 12.8.